The Morgan fingerprint density at radius 2 is 2.50 bits per heavy atom. The normalized spacial score (nSPS) is 19.6. The number of methoxy groups -OCH3 is 1. The number of ether oxygens (including phenoxy) is 2. The fourth-order valence-corrected chi connectivity index (χ4v) is 2.77. The predicted octanol–water partition coefficient (Wildman–Crippen LogP) is 1.79. The molecule has 0 bridgehead atoms. The molecule has 1 aromatic heterocycles. The summed E-state index contributed by atoms with van der Waals surface area (Å²) in [7, 11) is 3.52. The number of rotatable bonds is 4. The second-order valence-electron chi connectivity index (χ2n) is 4.43. The summed E-state index contributed by atoms with van der Waals surface area (Å²) < 4.78 is 10.8. The van der Waals surface area contributed by atoms with Crippen LogP contribution >= 0.6 is 35.3 Å². The number of nitrogens with one attached hydrogen (secondary N) is 1. The SMILES string of the molecule is CN=C(NCc1ccsc1)N1CCOC(COC)C1.I. The Morgan fingerprint density at radius 3 is 3.15 bits per heavy atom. The number of hydrogen-bond donors (Lipinski definition) is 1. The van der Waals surface area contributed by atoms with Gasteiger partial charge in [-0.2, -0.15) is 11.3 Å². The van der Waals surface area contributed by atoms with Gasteiger partial charge in [0.15, 0.2) is 5.96 Å². The largest absolute Gasteiger partial charge is 0.382 e. The second-order valence-corrected chi connectivity index (χ2v) is 5.21. The molecular weight excluding hydrogens is 389 g/mol. The van der Waals surface area contributed by atoms with Crippen LogP contribution < -0.4 is 5.32 Å². The van der Waals surface area contributed by atoms with Gasteiger partial charge in [0.05, 0.1) is 19.3 Å². The average molecular weight is 411 g/mol. The lowest BCUT2D eigenvalue weighted by Crippen LogP contribution is -2.51. The highest BCUT2D eigenvalue weighted by atomic mass is 127. The van der Waals surface area contributed by atoms with Crippen molar-refractivity contribution in [1.29, 1.82) is 0 Å². The van der Waals surface area contributed by atoms with Gasteiger partial charge in [0, 0.05) is 33.8 Å². The summed E-state index contributed by atoms with van der Waals surface area (Å²) in [6.45, 7) is 3.83. The van der Waals surface area contributed by atoms with Crippen molar-refractivity contribution in [2.24, 2.45) is 4.99 Å². The van der Waals surface area contributed by atoms with E-state index < -0.39 is 0 Å². The number of aliphatic imine (C=N–C) groups is 1. The van der Waals surface area contributed by atoms with Crippen LogP contribution in [0.15, 0.2) is 21.8 Å². The van der Waals surface area contributed by atoms with Crippen molar-refractivity contribution in [3.8, 4) is 0 Å². The first-order valence-electron chi connectivity index (χ1n) is 6.40. The van der Waals surface area contributed by atoms with Crippen molar-refractivity contribution >= 4 is 41.3 Å². The van der Waals surface area contributed by atoms with E-state index in [2.05, 4.69) is 32.0 Å². The number of halogens is 1. The lowest BCUT2D eigenvalue weighted by atomic mass is 10.3. The summed E-state index contributed by atoms with van der Waals surface area (Å²) in [6.07, 6.45) is 0.124. The van der Waals surface area contributed by atoms with Gasteiger partial charge < -0.3 is 19.7 Å². The smallest absolute Gasteiger partial charge is 0.194 e. The maximum atomic E-state index is 5.65. The van der Waals surface area contributed by atoms with Gasteiger partial charge in [-0.3, -0.25) is 4.99 Å². The van der Waals surface area contributed by atoms with Crippen LogP contribution in [0, 0.1) is 0 Å². The molecule has 1 aromatic rings. The molecule has 114 valence electrons. The van der Waals surface area contributed by atoms with E-state index in [9.17, 15) is 0 Å². The molecule has 1 unspecified atom stereocenters. The maximum Gasteiger partial charge on any atom is 0.194 e. The fourth-order valence-electron chi connectivity index (χ4n) is 2.11. The summed E-state index contributed by atoms with van der Waals surface area (Å²) >= 11 is 1.71. The molecule has 1 saturated heterocycles. The number of thiophene rings is 1. The van der Waals surface area contributed by atoms with Crippen LogP contribution in [0.4, 0.5) is 0 Å². The third kappa shape index (κ3) is 5.19. The van der Waals surface area contributed by atoms with E-state index in [1.165, 1.54) is 5.56 Å². The molecule has 2 rings (SSSR count). The molecule has 1 N–H and O–H groups in total. The highest BCUT2D eigenvalue weighted by Crippen LogP contribution is 2.08. The van der Waals surface area contributed by atoms with Crippen molar-refractivity contribution in [2.75, 3.05) is 40.5 Å². The van der Waals surface area contributed by atoms with Crippen LogP contribution in [-0.4, -0.2) is 57.4 Å². The molecule has 1 atom stereocenters. The Kier molecular flexibility index (Phi) is 8.43. The summed E-state index contributed by atoms with van der Waals surface area (Å²) in [5.74, 6) is 0.926. The van der Waals surface area contributed by atoms with E-state index in [0.717, 1.165) is 25.6 Å². The molecule has 20 heavy (non-hydrogen) atoms. The van der Waals surface area contributed by atoms with Gasteiger partial charge in [-0.05, 0) is 22.4 Å². The Labute approximate surface area is 141 Å². The zero-order valence-electron chi connectivity index (χ0n) is 11.9. The topological polar surface area (TPSA) is 46.1 Å². The van der Waals surface area contributed by atoms with Crippen LogP contribution in [-0.2, 0) is 16.0 Å². The second kappa shape index (κ2) is 9.54. The third-order valence-electron chi connectivity index (χ3n) is 3.03. The first-order chi connectivity index (χ1) is 9.33. The van der Waals surface area contributed by atoms with Crippen LogP contribution in [0.2, 0.25) is 0 Å². The standard InChI is InChI=1S/C13H21N3O2S.HI/c1-14-13(15-7-11-3-6-19-10-11)16-4-5-18-12(8-16)9-17-2;/h3,6,10,12H,4-5,7-9H2,1-2H3,(H,14,15);1H. The summed E-state index contributed by atoms with van der Waals surface area (Å²) in [5.41, 5.74) is 1.29. The van der Waals surface area contributed by atoms with E-state index >= 15 is 0 Å². The first-order valence-corrected chi connectivity index (χ1v) is 7.35. The van der Waals surface area contributed by atoms with Gasteiger partial charge in [-0.1, -0.05) is 0 Å². The molecule has 1 aliphatic heterocycles. The van der Waals surface area contributed by atoms with Gasteiger partial charge in [0.1, 0.15) is 0 Å². The number of morpholine rings is 1. The molecule has 1 aliphatic rings. The Bertz CT molecular complexity index is 398. The van der Waals surface area contributed by atoms with Crippen LogP contribution in [0.1, 0.15) is 5.56 Å². The molecule has 2 heterocycles. The van der Waals surface area contributed by atoms with Crippen LogP contribution in [0.3, 0.4) is 0 Å². The molecule has 0 saturated carbocycles. The average Bonchev–Trinajstić information content (AvgIpc) is 2.94. The van der Waals surface area contributed by atoms with Crippen molar-refractivity contribution in [2.45, 2.75) is 12.6 Å². The van der Waals surface area contributed by atoms with Crippen molar-refractivity contribution in [3.05, 3.63) is 22.4 Å². The van der Waals surface area contributed by atoms with Crippen LogP contribution in [0.5, 0.6) is 0 Å². The van der Waals surface area contributed by atoms with Gasteiger partial charge in [0.25, 0.3) is 0 Å². The minimum absolute atomic E-state index is 0. The quantitative estimate of drug-likeness (QED) is 0.466. The highest BCUT2D eigenvalue weighted by Gasteiger charge is 2.22. The van der Waals surface area contributed by atoms with E-state index in [-0.39, 0.29) is 30.1 Å². The Morgan fingerprint density at radius 1 is 1.65 bits per heavy atom. The zero-order chi connectivity index (χ0) is 13.5. The number of guanidine groups is 1. The van der Waals surface area contributed by atoms with Crippen molar-refractivity contribution in [1.82, 2.24) is 10.2 Å². The molecular formula is C13H22IN3O2S. The lowest BCUT2D eigenvalue weighted by molar-refractivity contribution is -0.0447. The van der Waals surface area contributed by atoms with E-state index in [1.807, 2.05) is 7.05 Å². The first kappa shape index (κ1) is 17.7. The van der Waals surface area contributed by atoms with E-state index in [4.69, 9.17) is 9.47 Å². The fraction of sp³-hybridized carbons (Fsp3) is 0.615. The molecule has 0 radical (unpaired) electrons. The predicted molar refractivity (Wildman–Crippen MR) is 93.1 cm³/mol. The maximum absolute atomic E-state index is 5.65. The minimum atomic E-state index is 0. The van der Waals surface area contributed by atoms with Gasteiger partial charge >= 0.3 is 0 Å². The summed E-state index contributed by atoms with van der Waals surface area (Å²) in [6, 6.07) is 2.12. The van der Waals surface area contributed by atoms with Gasteiger partial charge in [0.2, 0.25) is 0 Å². The van der Waals surface area contributed by atoms with Crippen molar-refractivity contribution in [3.63, 3.8) is 0 Å². The molecule has 5 nitrogen and oxygen atoms in total. The van der Waals surface area contributed by atoms with Crippen molar-refractivity contribution < 1.29 is 9.47 Å². The van der Waals surface area contributed by atoms with Crippen LogP contribution in [0.25, 0.3) is 0 Å². The molecule has 0 aliphatic carbocycles. The number of nitrogens with zero attached hydrogens (tertiary/aromatic N) is 2. The number of hydrogen-bond acceptors (Lipinski definition) is 4. The molecule has 0 amide bonds. The van der Waals surface area contributed by atoms with Gasteiger partial charge in [-0.15, -0.1) is 24.0 Å². The Hall–Kier alpha value is -0.380. The van der Waals surface area contributed by atoms with E-state index in [1.54, 1.807) is 18.4 Å². The third-order valence-corrected chi connectivity index (χ3v) is 3.77. The zero-order valence-corrected chi connectivity index (χ0v) is 15.0. The molecule has 7 heteroatoms. The monoisotopic (exact) mass is 411 g/mol. The summed E-state index contributed by atoms with van der Waals surface area (Å²) in [5, 5.41) is 7.62. The minimum Gasteiger partial charge on any atom is -0.382 e. The lowest BCUT2D eigenvalue weighted by Gasteiger charge is -2.34. The highest BCUT2D eigenvalue weighted by molar-refractivity contribution is 14.0. The van der Waals surface area contributed by atoms with E-state index in [0.29, 0.717) is 13.2 Å². The molecule has 0 spiro atoms. The van der Waals surface area contributed by atoms with Gasteiger partial charge in [-0.25, -0.2) is 0 Å². The molecule has 1 fully saturated rings. The Balaban J connectivity index is 0.00000200. The molecule has 0 aromatic carbocycles. The summed E-state index contributed by atoms with van der Waals surface area (Å²) in [4.78, 5) is 6.57.